The third-order valence-corrected chi connectivity index (χ3v) is 6.44. The number of hydrogen-bond donors (Lipinski definition) is 1. The van der Waals surface area contributed by atoms with Crippen molar-refractivity contribution in [3.05, 3.63) is 53.1 Å². The fourth-order valence-corrected chi connectivity index (χ4v) is 4.34. The Morgan fingerprint density at radius 3 is 2.62 bits per heavy atom. The normalized spacial score (nSPS) is 14.5. The molecule has 0 aromatic heterocycles. The predicted molar refractivity (Wildman–Crippen MR) is 133 cm³/mol. The van der Waals surface area contributed by atoms with Crippen molar-refractivity contribution in [2.24, 2.45) is 5.92 Å². The molecule has 1 aliphatic rings. The van der Waals surface area contributed by atoms with E-state index in [0.717, 1.165) is 45.3 Å². The number of benzene rings is 2. The van der Waals surface area contributed by atoms with Crippen molar-refractivity contribution in [1.29, 1.82) is 0 Å². The minimum Gasteiger partial charge on any atom is -0.449 e. The van der Waals surface area contributed by atoms with Crippen LogP contribution in [0.5, 0.6) is 0 Å². The van der Waals surface area contributed by atoms with Crippen LogP contribution in [0.4, 0.5) is 19.3 Å². The van der Waals surface area contributed by atoms with Crippen molar-refractivity contribution < 1.29 is 18.3 Å². The Bertz CT molecular complexity index is 1000. The molecule has 1 heterocycles. The van der Waals surface area contributed by atoms with Crippen LogP contribution in [0, 0.1) is 29.9 Å². The smallest absolute Gasteiger partial charge is 0.411 e. The van der Waals surface area contributed by atoms with Crippen LogP contribution in [0.3, 0.4) is 0 Å². The highest BCUT2D eigenvalue weighted by Crippen LogP contribution is 2.32. The van der Waals surface area contributed by atoms with Gasteiger partial charge >= 0.3 is 6.09 Å². The minimum absolute atomic E-state index is 0.0782. The van der Waals surface area contributed by atoms with Gasteiger partial charge < -0.3 is 9.64 Å². The predicted octanol–water partition coefficient (Wildman–Crippen LogP) is 7.13. The molecule has 2 aromatic rings. The zero-order valence-corrected chi connectivity index (χ0v) is 20.1. The quantitative estimate of drug-likeness (QED) is 0.285. The number of amides is 1. The lowest BCUT2D eigenvalue weighted by molar-refractivity contribution is 0.104. The van der Waals surface area contributed by atoms with Crippen LogP contribution in [0.15, 0.2) is 36.4 Å². The molecule has 0 radical (unpaired) electrons. The molecule has 0 bridgehead atoms. The fraction of sp³-hybridized carbons (Fsp3) is 0.444. The minimum atomic E-state index is -0.601. The number of piperidine rings is 1. The second kappa shape index (κ2) is 13.3. The summed E-state index contributed by atoms with van der Waals surface area (Å²) in [5, 5.41) is 2.60. The summed E-state index contributed by atoms with van der Waals surface area (Å²) in [4.78, 5) is 14.9. The van der Waals surface area contributed by atoms with Gasteiger partial charge in [0.2, 0.25) is 0 Å². The molecule has 1 amide bonds. The number of carbonyl (C=O) groups excluding carboxylic acids is 1. The summed E-state index contributed by atoms with van der Waals surface area (Å²) in [7, 11) is 0. The van der Waals surface area contributed by atoms with E-state index in [1.165, 1.54) is 55.7 Å². The zero-order valence-electron chi connectivity index (χ0n) is 19.3. The third kappa shape index (κ3) is 8.00. The summed E-state index contributed by atoms with van der Waals surface area (Å²) in [6.07, 6.45) is 12.2. The Hall–Kier alpha value is -2.62. The standard InChI is InChI=1S/C27H31ClF2N2O2/c1-2-3-4-5-6-7-14-32-15-12-20(13-16-32)19-34-27(33)31-26-11-9-22(29)18-23(26)21-8-10-25(30)24(28)17-21/h1,8-11,17-18,20H,3-7,12-16,19H2,(H,31,33). The number of terminal acetylenes is 1. The molecule has 1 aliphatic heterocycles. The molecule has 3 rings (SSSR count). The fourth-order valence-electron chi connectivity index (χ4n) is 4.16. The molecule has 1 saturated heterocycles. The van der Waals surface area contributed by atoms with Gasteiger partial charge in [0.15, 0.2) is 0 Å². The molecular weight excluding hydrogens is 458 g/mol. The van der Waals surface area contributed by atoms with E-state index in [-0.39, 0.29) is 5.02 Å². The van der Waals surface area contributed by atoms with Crippen molar-refractivity contribution in [3.8, 4) is 23.5 Å². The number of anilines is 1. The van der Waals surface area contributed by atoms with Crippen molar-refractivity contribution in [3.63, 3.8) is 0 Å². The van der Waals surface area contributed by atoms with Crippen LogP contribution in [-0.2, 0) is 4.74 Å². The van der Waals surface area contributed by atoms with Gasteiger partial charge in [-0.2, -0.15) is 0 Å². The molecule has 182 valence electrons. The monoisotopic (exact) mass is 488 g/mol. The molecule has 0 spiro atoms. The van der Waals surface area contributed by atoms with E-state index in [4.69, 9.17) is 22.8 Å². The van der Waals surface area contributed by atoms with Gasteiger partial charge in [0.1, 0.15) is 11.6 Å². The second-order valence-electron chi connectivity index (χ2n) is 8.70. The first kappa shape index (κ1) is 26.0. The average Bonchev–Trinajstić information content (AvgIpc) is 2.83. The first-order valence-electron chi connectivity index (χ1n) is 11.8. The molecule has 2 aromatic carbocycles. The van der Waals surface area contributed by atoms with Crippen molar-refractivity contribution in [2.45, 2.75) is 44.9 Å². The Labute approximate surface area is 205 Å². The number of unbranched alkanes of at least 4 members (excludes halogenated alkanes) is 4. The van der Waals surface area contributed by atoms with E-state index in [1.54, 1.807) is 0 Å². The summed E-state index contributed by atoms with van der Waals surface area (Å²) < 4.78 is 32.8. The maximum absolute atomic E-state index is 13.9. The Morgan fingerprint density at radius 1 is 1.12 bits per heavy atom. The molecule has 0 aliphatic carbocycles. The van der Waals surface area contributed by atoms with Crippen molar-refractivity contribution in [1.82, 2.24) is 4.90 Å². The van der Waals surface area contributed by atoms with Crippen LogP contribution in [0.2, 0.25) is 5.02 Å². The second-order valence-corrected chi connectivity index (χ2v) is 9.10. The van der Waals surface area contributed by atoms with E-state index < -0.39 is 17.7 Å². The highest BCUT2D eigenvalue weighted by atomic mass is 35.5. The molecule has 7 heteroatoms. The summed E-state index contributed by atoms with van der Waals surface area (Å²) in [5.41, 5.74) is 1.25. The van der Waals surface area contributed by atoms with E-state index in [0.29, 0.717) is 29.3 Å². The van der Waals surface area contributed by atoms with Gasteiger partial charge in [-0.1, -0.05) is 30.5 Å². The maximum atomic E-state index is 13.9. The lowest BCUT2D eigenvalue weighted by atomic mass is 9.97. The maximum Gasteiger partial charge on any atom is 0.411 e. The van der Waals surface area contributed by atoms with Crippen LogP contribution in [-0.4, -0.2) is 37.2 Å². The summed E-state index contributed by atoms with van der Waals surface area (Å²) >= 11 is 5.87. The van der Waals surface area contributed by atoms with E-state index in [2.05, 4.69) is 16.1 Å². The van der Waals surface area contributed by atoms with E-state index in [9.17, 15) is 13.6 Å². The van der Waals surface area contributed by atoms with Crippen LogP contribution >= 0.6 is 11.6 Å². The number of carbonyl (C=O) groups is 1. The molecule has 1 N–H and O–H groups in total. The van der Waals surface area contributed by atoms with Gasteiger partial charge in [-0.25, -0.2) is 13.6 Å². The average molecular weight is 489 g/mol. The summed E-state index contributed by atoms with van der Waals surface area (Å²) in [6.45, 7) is 3.45. The summed E-state index contributed by atoms with van der Waals surface area (Å²) in [5.74, 6) is 1.95. The summed E-state index contributed by atoms with van der Waals surface area (Å²) in [6, 6.07) is 8.05. The van der Waals surface area contributed by atoms with Gasteiger partial charge in [-0.15, -0.1) is 12.3 Å². The SMILES string of the molecule is C#CCCCCCCN1CCC(COC(=O)Nc2ccc(F)cc2-c2ccc(F)c(Cl)c2)CC1. The number of likely N-dealkylation sites (tertiary alicyclic amines) is 1. The number of hydrogen-bond acceptors (Lipinski definition) is 3. The zero-order chi connectivity index (χ0) is 24.3. The topological polar surface area (TPSA) is 41.6 Å². The molecule has 0 atom stereocenters. The molecule has 34 heavy (non-hydrogen) atoms. The van der Waals surface area contributed by atoms with Crippen molar-refractivity contribution in [2.75, 3.05) is 31.6 Å². The van der Waals surface area contributed by atoms with Crippen LogP contribution in [0.1, 0.15) is 44.9 Å². The Morgan fingerprint density at radius 2 is 1.88 bits per heavy atom. The molecule has 4 nitrogen and oxygen atoms in total. The lowest BCUT2D eigenvalue weighted by Gasteiger charge is -2.31. The third-order valence-electron chi connectivity index (χ3n) is 6.15. The number of rotatable bonds is 10. The van der Waals surface area contributed by atoms with Crippen molar-refractivity contribution >= 4 is 23.4 Å². The largest absolute Gasteiger partial charge is 0.449 e. The first-order chi connectivity index (χ1) is 16.5. The lowest BCUT2D eigenvalue weighted by Crippen LogP contribution is -2.36. The van der Waals surface area contributed by atoms with Gasteiger partial charge in [0, 0.05) is 12.0 Å². The highest BCUT2D eigenvalue weighted by molar-refractivity contribution is 6.31. The number of ether oxygens (including phenoxy) is 1. The Balaban J connectivity index is 1.44. The van der Waals surface area contributed by atoms with Gasteiger partial charge in [0.05, 0.1) is 17.3 Å². The van der Waals surface area contributed by atoms with E-state index in [1.807, 2.05) is 0 Å². The molecule has 1 fully saturated rings. The Kier molecular flexibility index (Phi) is 10.2. The van der Waals surface area contributed by atoms with E-state index >= 15 is 0 Å². The van der Waals surface area contributed by atoms with Gasteiger partial charge in [-0.05, 0) is 87.1 Å². The number of nitrogens with one attached hydrogen (secondary N) is 1. The first-order valence-corrected chi connectivity index (χ1v) is 12.2. The molecule has 0 saturated carbocycles. The number of nitrogens with zero attached hydrogens (tertiary/aromatic N) is 1. The van der Waals surface area contributed by atoms with Crippen LogP contribution in [0.25, 0.3) is 11.1 Å². The molecular formula is C27H31ClF2N2O2. The van der Waals surface area contributed by atoms with Gasteiger partial charge in [0.25, 0.3) is 0 Å². The highest BCUT2D eigenvalue weighted by Gasteiger charge is 2.21. The van der Waals surface area contributed by atoms with Crippen LogP contribution < -0.4 is 5.32 Å². The molecule has 0 unspecified atom stereocenters. The van der Waals surface area contributed by atoms with Gasteiger partial charge in [-0.3, -0.25) is 5.32 Å². The number of halogens is 3.